The fourth-order valence-corrected chi connectivity index (χ4v) is 6.10. The molecule has 0 unspecified atom stereocenters. The second-order valence-corrected chi connectivity index (χ2v) is 11.0. The molecule has 5 nitrogen and oxygen atoms in total. The average molecular weight is 547 g/mol. The summed E-state index contributed by atoms with van der Waals surface area (Å²) < 4.78 is 5.38. The van der Waals surface area contributed by atoms with Crippen LogP contribution in [0.1, 0.15) is 29.2 Å². The van der Waals surface area contributed by atoms with Crippen LogP contribution in [0.4, 0.5) is 0 Å². The van der Waals surface area contributed by atoms with Gasteiger partial charge in [0.2, 0.25) is 5.91 Å². The molecular formula is C36H38N2O3. The van der Waals surface area contributed by atoms with E-state index in [1.165, 1.54) is 23.8 Å². The van der Waals surface area contributed by atoms with Crippen LogP contribution >= 0.6 is 0 Å². The maximum absolute atomic E-state index is 13.6. The van der Waals surface area contributed by atoms with Crippen molar-refractivity contribution >= 4 is 11.9 Å². The van der Waals surface area contributed by atoms with Crippen molar-refractivity contribution in [2.45, 2.75) is 44.4 Å². The molecular weight excluding hydrogens is 508 g/mol. The number of hydrogen-bond donors (Lipinski definition) is 0. The second kappa shape index (κ2) is 13.0. The molecule has 1 heterocycles. The van der Waals surface area contributed by atoms with Gasteiger partial charge >= 0.3 is 5.97 Å². The molecule has 1 saturated heterocycles. The summed E-state index contributed by atoms with van der Waals surface area (Å²) in [6.45, 7) is 3.71. The summed E-state index contributed by atoms with van der Waals surface area (Å²) in [7, 11) is 1.42. The van der Waals surface area contributed by atoms with E-state index in [2.05, 4.69) is 77.7 Å². The topological polar surface area (TPSA) is 49.9 Å². The van der Waals surface area contributed by atoms with Gasteiger partial charge in [-0.15, -0.1) is 0 Å². The number of amides is 1. The van der Waals surface area contributed by atoms with E-state index in [4.69, 9.17) is 4.74 Å². The first-order valence-electron chi connectivity index (χ1n) is 14.3. The second-order valence-electron chi connectivity index (χ2n) is 11.0. The molecule has 0 bridgehead atoms. The summed E-state index contributed by atoms with van der Waals surface area (Å²) in [5, 5.41) is 0. The Morgan fingerprint density at radius 2 is 1.20 bits per heavy atom. The lowest BCUT2D eigenvalue weighted by molar-refractivity contribution is -0.190. The minimum absolute atomic E-state index is 0.0104. The number of β-lactam (4-membered cyclic amide) rings is 1. The third-order valence-corrected chi connectivity index (χ3v) is 8.37. The first-order chi connectivity index (χ1) is 20.0. The Kier molecular flexibility index (Phi) is 8.95. The molecule has 4 aromatic rings. The van der Waals surface area contributed by atoms with Crippen LogP contribution in [0.5, 0.6) is 0 Å². The van der Waals surface area contributed by atoms with E-state index >= 15 is 0 Å². The number of benzene rings is 4. The summed E-state index contributed by atoms with van der Waals surface area (Å²) in [4.78, 5) is 31.4. The van der Waals surface area contributed by atoms with Crippen LogP contribution in [0.15, 0.2) is 121 Å². The summed E-state index contributed by atoms with van der Waals surface area (Å²) >= 11 is 0. The lowest BCUT2D eigenvalue weighted by atomic mass is 9.69. The molecule has 3 atom stereocenters. The third-order valence-electron chi connectivity index (χ3n) is 8.37. The van der Waals surface area contributed by atoms with Gasteiger partial charge in [0.25, 0.3) is 0 Å². The number of esters is 1. The van der Waals surface area contributed by atoms with Gasteiger partial charge in [0.05, 0.1) is 13.0 Å². The highest BCUT2D eigenvalue weighted by atomic mass is 16.5. The van der Waals surface area contributed by atoms with Crippen LogP contribution in [0.25, 0.3) is 0 Å². The van der Waals surface area contributed by atoms with Crippen LogP contribution in [-0.2, 0) is 40.3 Å². The van der Waals surface area contributed by atoms with Crippen molar-refractivity contribution in [3.8, 4) is 0 Å². The van der Waals surface area contributed by atoms with Crippen LogP contribution in [0.3, 0.4) is 0 Å². The first-order valence-corrected chi connectivity index (χ1v) is 14.3. The highest BCUT2D eigenvalue weighted by Gasteiger charge is 2.63. The quantitative estimate of drug-likeness (QED) is 0.163. The van der Waals surface area contributed by atoms with E-state index in [0.29, 0.717) is 26.1 Å². The van der Waals surface area contributed by atoms with Crippen LogP contribution in [0.2, 0.25) is 0 Å². The monoisotopic (exact) mass is 546 g/mol. The maximum Gasteiger partial charge on any atom is 0.332 e. The van der Waals surface area contributed by atoms with Gasteiger partial charge in [0.1, 0.15) is 0 Å². The molecule has 210 valence electrons. The Morgan fingerprint density at radius 3 is 1.66 bits per heavy atom. The minimum Gasteiger partial charge on any atom is -0.467 e. The molecule has 1 fully saturated rings. The van der Waals surface area contributed by atoms with Gasteiger partial charge in [-0.1, -0.05) is 128 Å². The van der Waals surface area contributed by atoms with Gasteiger partial charge in [0, 0.05) is 32.1 Å². The van der Waals surface area contributed by atoms with E-state index in [0.717, 1.165) is 12.0 Å². The standard InChI is InChI=1S/C36H38N2O3/c1-28-34(39)38(36(28,35(40)41-2)24-30-17-9-4-10-18-30)27-33(23-29-15-7-3-8-16-29)37(25-31-19-11-5-12-20-31)26-32-21-13-6-14-22-32/h3-22,28,33H,23-27H2,1-2H3/t28-,33+,36+/m1/s1. The number of methoxy groups -OCH3 is 1. The molecule has 1 aliphatic heterocycles. The molecule has 0 spiro atoms. The van der Waals surface area contributed by atoms with Crippen molar-refractivity contribution in [2.24, 2.45) is 5.92 Å². The van der Waals surface area contributed by atoms with Crippen molar-refractivity contribution in [3.63, 3.8) is 0 Å². The van der Waals surface area contributed by atoms with Gasteiger partial charge < -0.3 is 9.64 Å². The summed E-state index contributed by atoms with van der Waals surface area (Å²) in [6.07, 6.45) is 1.16. The Labute approximate surface area is 243 Å². The van der Waals surface area contributed by atoms with Gasteiger partial charge in [-0.3, -0.25) is 9.69 Å². The fraction of sp³-hybridized carbons (Fsp3) is 0.278. The number of carbonyl (C=O) groups is 2. The van der Waals surface area contributed by atoms with Crippen LogP contribution in [0, 0.1) is 5.92 Å². The van der Waals surface area contributed by atoms with Gasteiger partial charge in [0.15, 0.2) is 5.54 Å². The lowest BCUT2D eigenvalue weighted by Crippen LogP contribution is -2.76. The average Bonchev–Trinajstić information content (AvgIpc) is 3.03. The smallest absolute Gasteiger partial charge is 0.332 e. The molecule has 41 heavy (non-hydrogen) atoms. The number of likely N-dealkylation sites (tertiary alicyclic amines) is 1. The Balaban J connectivity index is 1.53. The van der Waals surface area contributed by atoms with Crippen molar-refractivity contribution in [2.75, 3.05) is 13.7 Å². The zero-order valence-corrected chi connectivity index (χ0v) is 23.9. The molecule has 5 heteroatoms. The van der Waals surface area contributed by atoms with E-state index in [9.17, 15) is 9.59 Å². The van der Waals surface area contributed by atoms with E-state index in [1.807, 2.05) is 55.5 Å². The normalized spacial score (nSPS) is 19.0. The van der Waals surface area contributed by atoms with Crippen LogP contribution in [-0.4, -0.2) is 46.9 Å². The van der Waals surface area contributed by atoms with Gasteiger partial charge in [-0.05, 0) is 28.7 Å². The molecule has 1 aliphatic rings. The lowest BCUT2D eigenvalue weighted by Gasteiger charge is -2.56. The predicted octanol–water partition coefficient (Wildman–Crippen LogP) is 5.93. The fourth-order valence-electron chi connectivity index (χ4n) is 6.10. The zero-order chi connectivity index (χ0) is 28.7. The van der Waals surface area contributed by atoms with Crippen LogP contribution < -0.4 is 0 Å². The molecule has 0 aromatic heterocycles. The number of hydrogen-bond acceptors (Lipinski definition) is 4. The highest BCUT2D eigenvalue weighted by molar-refractivity contribution is 6.01. The largest absolute Gasteiger partial charge is 0.467 e. The number of nitrogens with zero attached hydrogens (tertiary/aromatic N) is 2. The summed E-state index contributed by atoms with van der Waals surface area (Å²) in [5.41, 5.74) is 3.55. The number of carbonyl (C=O) groups excluding carboxylic acids is 2. The molecule has 0 N–H and O–H groups in total. The third kappa shape index (κ3) is 6.26. The molecule has 5 rings (SSSR count). The first kappa shape index (κ1) is 28.3. The zero-order valence-electron chi connectivity index (χ0n) is 23.9. The Hall–Kier alpha value is -4.22. The molecule has 1 amide bonds. The molecule has 0 saturated carbocycles. The van der Waals surface area contributed by atoms with Crippen molar-refractivity contribution in [1.82, 2.24) is 9.80 Å². The number of rotatable bonds is 12. The predicted molar refractivity (Wildman–Crippen MR) is 162 cm³/mol. The van der Waals surface area contributed by atoms with Crippen molar-refractivity contribution < 1.29 is 14.3 Å². The molecule has 0 radical (unpaired) electrons. The highest BCUT2D eigenvalue weighted by Crippen LogP contribution is 2.42. The SMILES string of the molecule is COC(=O)[C@]1(Cc2ccccc2)[C@H](C)C(=O)N1C[C@H](Cc1ccccc1)N(Cc1ccccc1)Cc1ccccc1. The van der Waals surface area contributed by atoms with E-state index in [-0.39, 0.29) is 17.9 Å². The maximum atomic E-state index is 13.6. The van der Waals surface area contributed by atoms with E-state index in [1.54, 1.807) is 4.90 Å². The molecule has 0 aliphatic carbocycles. The van der Waals surface area contributed by atoms with Gasteiger partial charge in [-0.2, -0.15) is 0 Å². The van der Waals surface area contributed by atoms with Crippen molar-refractivity contribution in [3.05, 3.63) is 144 Å². The minimum atomic E-state index is -1.05. The Morgan fingerprint density at radius 1 is 0.756 bits per heavy atom. The van der Waals surface area contributed by atoms with Gasteiger partial charge in [-0.25, -0.2) is 4.79 Å². The Bertz CT molecular complexity index is 1370. The van der Waals surface area contributed by atoms with E-state index < -0.39 is 11.5 Å². The molecule has 4 aromatic carbocycles. The number of ether oxygens (including phenoxy) is 1. The van der Waals surface area contributed by atoms with Crippen molar-refractivity contribution in [1.29, 1.82) is 0 Å². The summed E-state index contributed by atoms with van der Waals surface area (Å²) in [5.74, 6) is -0.836. The summed E-state index contributed by atoms with van der Waals surface area (Å²) in [6, 6.07) is 41.1.